The average Bonchev–Trinajstić information content (AvgIpc) is 3.80. The van der Waals surface area contributed by atoms with Crippen molar-refractivity contribution in [3.05, 3.63) is 41.0 Å². The van der Waals surface area contributed by atoms with Crippen LogP contribution in [0, 0.1) is 11.6 Å². The largest absolute Gasteiger partial charge is 0.444 e. The monoisotopic (exact) mass is 711 g/mol. The van der Waals surface area contributed by atoms with Crippen molar-refractivity contribution in [2.75, 3.05) is 29.1 Å². The standard InChI is InChI=1S/C35H39F2N5O5S2/c1-8-48-31-39-29-27(30(40-31)41-13-18-11-17(41)14-42(18)33(44)47-35(5,6)7)21-16-45-15-20(21)26(28(29)37)25-19-12-24(38-32(43)46-34(2,3)4)49-23(19)10-9-22(25)36/h9-10,12,17-18H,8,11,13-16H2,1-7H3,(H,38,43)/t17-,18-/m1/s1. The predicted octanol–water partition coefficient (Wildman–Crippen LogP) is 8.48. The molecule has 49 heavy (non-hydrogen) atoms. The number of hydrogen-bond donors (Lipinski definition) is 1. The Morgan fingerprint density at radius 1 is 1.02 bits per heavy atom. The SMILES string of the molecule is CCSc1nc(N2C[C@H]3C[C@@H]2CN3C(=O)OC(C)(C)C)c2c3c(c(-c4c(F)ccc5sc(NC(=O)OC(C)(C)C)cc45)c(F)c2n1)COC3. The Balaban J connectivity index is 1.34. The molecular weight excluding hydrogens is 673 g/mol. The Hall–Kier alpha value is -3.75. The number of amides is 2. The van der Waals surface area contributed by atoms with E-state index in [2.05, 4.69) is 10.2 Å². The third kappa shape index (κ3) is 6.27. The first-order valence-corrected chi connectivity index (χ1v) is 18.2. The second kappa shape index (κ2) is 12.2. The number of nitrogens with one attached hydrogen (secondary N) is 1. The van der Waals surface area contributed by atoms with Crippen LogP contribution in [0.3, 0.4) is 0 Å². The molecule has 3 aliphatic rings. The van der Waals surface area contributed by atoms with Crippen LogP contribution in [-0.4, -0.2) is 69.2 Å². The fourth-order valence-corrected chi connectivity index (χ4v) is 8.45. The molecule has 2 amide bonds. The molecule has 10 nitrogen and oxygen atoms in total. The van der Waals surface area contributed by atoms with Gasteiger partial charge in [-0.05, 0) is 83.0 Å². The number of likely N-dealkylation sites (tertiary alicyclic amines) is 1. The highest BCUT2D eigenvalue weighted by Gasteiger charge is 2.48. The highest BCUT2D eigenvalue weighted by Crippen LogP contribution is 2.48. The Morgan fingerprint density at radius 3 is 2.43 bits per heavy atom. The number of rotatable bonds is 5. The van der Waals surface area contributed by atoms with E-state index in [0.29, 0.717) is 55.9 Å². The number of anilines is 2. The van der Waals surface area contributed by atoms with Gasteiger partial charge in [-0.3, -0.25) is 5.32 Å². The fourth-order valence-electron chi connectivity index (χ4n) is 6.93. The quantitative estimate of drug-likeness (QED) is 0.161. The van der Waals surface area contributed by atoms with Gasteiger partial charge in [-0.1, -0.05) is 18.7 Å². The first-order chi connectivity index (χ1) is 23.1. The number of thiophene rings is 1. The minimum absolute atomic E-state index is 0.0382. The van der Waals surface area contributed by atoms with Gasteiger partial charge in [0.1, 0.15) is 28.4 Å². The van der Waals surface area contributed by atoms with Gasteiger partial charge in [-0.2, -0.15) is 0 Å². The van der Waals surface area contributed by atoms with E-state index in [9.17, 15) is 9.59 Å². The van der Waals surface area contributed by atoms with Crippen LogP contribution in [0.2, 0.25) is 0 Å². The van der Waals surface area contributed by atoms with Crippen LogP contribution < -0.4 is 10.2 Å². The van der Waals surface area contributed by atoms with Gasteiger partial charge in [0.15, 0.2) is 11.0 Å². The summed E-state index contributed by atoms with van der Waals surface area (Å²) in [5.74, 6) is 0.0164. The highest BCUT2D eigenvalue weighted by molar-refractivity contribution is 7.99. The lowest BCUT2D eigenvalue weighted by Gasteiger charge is -2.36. The summed E-state index contributed by atoms with van der Waals surface area (Å²) in [6, 6.07) is 4.47. The number of nitrogens with zero attached hydrogens (tertiary/aromatic N) is 4. The highest BCUT2D eigenvalue weighted by atomic mass is 32.2. The number of aromatic nitrogens is 2. The lowest BCUT2D eigenvalue weighted by molar-refractivity contribution is 0.0214. The molecular formula is C35H39F2N5O5S2. The van der Waals surface area contributed by atoms with E-state index in [1.54, 1.807) is 37.8 Å². The van der Waals surface area contributed by atoms with Crippen molar-refractivity contribution in [3.8, 4) is 11.1 Å². The average molecular weight is 712 g/mol. The van der Waals surface area contributed by atoms with E-state index in [-0.39, 0.29) is 48.0 Å². The molecule has 2 aromatic carbocycles. The minimum atomic E-state index is -0.700. The third-order valence-electron chi connectivity index (χ3n) is 8.70. The molecule has 7 rings (SSSR count). The maximum absolute atomic E-state index is 17.2. The molecule has 2 aromatic heterocycles. The van der Waals surface area contributed by atoms with E-state index in [4.69, 9.17) is 24.2 Å². The van der Waals surface area contributed by atoms with Gasteiger partial charge in [-0.25, -0.2) is 28.3 Å². The first kappa shape index (κ1) is 33.7. The minimum Gasteiger partial charge on any atom is -0.444 e. The molecule has 2 atom stereocenters. The fraction of sp³-hybridized carbons (Fsp3) is 0.486. The van der Waals surface area contributed by atoms with Gasteiger partial charge in [0, 0.05) is 34.3 Å². The van der Waals surface area contributed by atoms with Gasteiger partial charge in [0.2, 0.25) is 0 Å². The Kier molecular flexibility index (Phi) is 8.42. The molecule has 260 valence electrons. The van der Waals surface area contributed by atoms with Crippen LogP contribution >= 0.6 is 23.1 Å². The number of hydrogen-bond acceptors (Lipinski definition) is 10. The Morgan fingerprint density at radius 2 is 1.76 bits per heavy atom. The summed E-state index contributed by atoms with van der Waals surface area (Å²) in [6.45, 7) is 14.1. The molecule has 4 aromatic rings. The third-order valence-corrected chi connectivity index (χ3v) is 10.4. The molecule has 2 bridgehead atoms. The van der Waals surface area contributed by atoms with E-state index in [0.717, 1.165) is 12.0 Å². The molecule has 0 radical (unpaired) electrons. The van der Waals surface area contributed by atoms with Crippen molar-refractivity contribution in [3.63, 3.8) is 0 Å². The summed E-state index contributed by atoms with van der Waals surface area (Å²) in [4.78, 5) is 39.1. The van der Waals surface area contributed by atoms with Crippen molar-refractivity contribution >= 4 is 67.1 Å². The lowest BCUT2D eigenvalue weighted by Crippen LogP contribution is -2.50. The number of carbonyl (C=O) groups is 2. The number of thioether (sulfide) groups is 1. The summed E-state index contributed by atoms with van der Waals surface area (Å²) in [5, 5.41) is 4.60. The summed E-state index contributed by atoms with van der Waals surface area (Å²) in [7, 11) is 0. The molecule has 2 fully saturated rings. The molecule has 14 heteroatoms. The van der Waals surface area contributed by atoms with E-state index < -0.39 is 28.9 Å². The summed E-state index contributed by atoms with van der Waals surface area (Å²) in [6.07, 6.45) is -0.235. The van der Waals surface area contributed by atoms with Crippen molar-refractivity contribution < 1.29 is 32.6 Å². The van der Waals surface area contributed by atoms with Gasteiger partial charge < -0.3 is 24.0 Å². The van der Waals surface area contributed by atoms with E-state index >= 15 is 8.78 Å². The van der Waals surface area contributed by atoms with Gasteiger partial charge >= 0.3 is 12.2 Å². The maximum Gasteiger partial charge on any atom is 0.412 e. The molecule has 3 aliphatic heterocycles. The second-order valence-electron chi connectivity index (χ2n) is 14.5. The van der Waals surface area contributed by atoms with Crippen LogP contribution in [0.5, 0.6) is 0 Å². The number of ether oxygens (including phenoxy) is 3. The molecule has 1 N–H and O–H groups in total. The number of piperazine rings is 1. The summed E-state index contributed by atoms with van der Waals surface area (Å²) < 4.78 is 50.9. The van der Waals surface area contributed by atoms with Crippen molar-refractivity contribution in [2.45, 2.75) is 96.5 Å². The molecule has 5 heterocycles. The van der Waals surface area contributed by atoms with Gasteiger partial charge in [0.25, 0.3) is 0 Å². The predicted molar refractivity (Wildman–Crippen MR) is 187 cm³/mol. The van der Waals surface area contributed by atoms with Gasteiger partial charge in [-0.15, -0.1) is 11.3 Å². The molecule has 0 aliphatic carbocycles. The van der Waals surface area contributed by atoms with E-state index in [1.807, 2.05) is 27.7 Å². The molecule has 0 spiro atoms. The van der Waals surface area contributed by atoms with Crippen LogP contribution in [-0.2, 0) is 27.4 Å². The van der Waals surface area contributed by atoms with Gasteiger partial charge in [0.05, 0.1) is 35.7 Å². The summed E-state index contributed by atoms with van der Waals surface area (Å²) in [5.41, 5.74) is 0.252. The van der Waals surface area contributed by atoms with Crippen molar-refractivity contribution in [1.29, 1.82) is 0 Å². The Bertz CT molecular complexity index is 2010. The van der Waals surface area contributed by atoms with Crippen molar-refractivity contribution in [2.24, 2.45) is 0 Å². The summed E-state index contributed by atoms with van der Waals surface area (Å²) >= 11 is 2.65. The second-order valence-corrected chi connectivity index (χ2v) is 16.8. The lowest BCUT2D eigenvalue weighted by atomic mass is 9.91. The zero-order valence-electron chi connectivity index (χ0n) is 28.5. The number of benzene rings is 2. The van der Waals surface area contributed by atoms with E-state index in [1.165, 1.54) is 29.2 Å². The molecule has 0 saturated carbocycles. The number of fused-ring (bicyclic) bond motifs is 6. The molecule has 0 unspecified atom stereocenters. The zero-order chi connectivity index (χ0) is 35.0. The van der Waals surface area contributed by atoms with Crippen LogP contribution in [0.15, 0.2) is 23.4 Å². The van der Waals surface area contributed by atoms with Crippen LogP contribution in [0.25, 0.3) is 32.1 Å². The normalized spacial score (nSPS) is 18.9. The topological polar surface area (TPSA) is 106 Å². The number of carbonyl (C=O) groups excluding carboxylic acids is 2. The van der Waals surface area contributed by atoms with Crippen LogP contribution in [0.4, 0.5) is 29.2 Å². The molecule has 2 saturated heterocycles. The smallest absolute Gasteiger partial charge is 0.412 e. The first-order valence-electron chi connectivity index (χ1n) is 16.4. The van der Waals surface area contributed by atoms with Crippen molar-refractivity contribution in [1.82, 2.24) is 14.9 Å². The number of halogens is 2. The maximum atomic E-state index is 17.2. The van der Waals surface area contributed by atoms with Crippen LogP contribution in [0.1, 0.15) is 66.0 Å². The zero-order valence-corrected chi connectivity index (χ0v) is 30.2. The Labute approximate surface area is 291 Å².